The smallest absolute Gasteiger partial charge is 0.110 e. The molecule has 1 rings (SSSR count). The molecule has 0 aliphatic heterocycles. The molecule has 0 bridgehead atoms. The van der Waals surface area contributed by atoms with Gasteiger partial charge in [0.15, 0.2) is 0 Å². The zero-order valence-electron chi connectivity index (χ0n) is 14.0. The number of aliphatic hydroxyl groups is 1. The van der Waals surface area contributed by atoms with Crippen molar-refractivity contribution in [3.8, 4) is 0 Å². The van der Waals surface area contributed by atoms with Crippen LogP contribution in [0.5, 0.6) is 0 Å². The lowest BCUT2D eigenvalue weighted by molar-refractivity contribution is 0.157. The first-order chi connectivity index (χ1) is 10.6. The lowest BCUT2D eigenvalue weighted by Gasteiger charge is -2.23. The summed E-state index contributed by atoms with van der Waals surface area (Å²) in [6, 6.07) is 8.52. The molecule has 1 aromatic carbocycles. The molecule has 0 aliphatic rings. The maximum Gasteiger partial charge on any atom is 0.110 e. The van der Waals surface area contributed by atoms with E-state index in [2.05, 4.69) is 31.2 Å². The van der Waals surface area contributed by atoms with Gasteiger partial charge in [-0.05, 0) is 36.8 Å². The van der Waals surface area contributed by atoms with Crippen molar-refractivity contribution in [2.75, 3.05) is 13.3 Å². The summed E-state index contributed by atoms with van der Waals surface area (Å²) in [7, 11) is 0. The van der Waals surface area contributed by atoms with E-state index in [9.17, 15) is 4.39 Å². The number of hydrogen-bond donors (Lipinski definition) is 2. The molecule has 3 N–H and O–H groups in total. The molecule has 126 valence electrons. The van der Waals surface area contributed by atoms with Gasteiger partial charge in [0.25, 0.3) is 0 Å². The minimum atomic E-state index is -1.09. The Morgan fingerprint density at radius 2 is 1.50 bits per heavy atom. The lowest BCUT2D eigenvalue weighted by Crippen LogP contribution is -2.46. The zero-order chi connectivity index (χ0) is 16.3. The van der Waals surface area contributed by atoms with Gasteiger partial charge in [-0.1, -0.05) is 63.3 Å². The maximum atomic E-state index is 12.8. The number of alkyl halides is 1. The highest BCUT2D eigenvalue weighted by Crippen LogP contribution is 2.15. The zero-order valence-corrected chi connectivity index (χ0v) is 14.0. The number of unbranched alkanes of at least 4 members (excludes halogenated alkanes) is 5. The van der Waals surface area contributed by atoms with Gasteiger partial charge in [-0.15, -0.1) is 0 Å². The third-order valence-corrected chi connectivity index (χ3v) is 4.33. The second-order valence-corrected chi connectivity index (χ2v) is 6.49. The number of rotatable bonds is 12. The first-order valence-corrected chi connectivity index (χ1v) is 8.67. The number of aliphatic hydroxyl groups excluding tert-OH is 1. The SMILES string of the molecule is CCCCCCCCc1ccc(CC[C@](N)(CO)CF)cc1. The molecule has 0 spiro atoms. The standard InChI is InChI=1S/C19H32FNO/c1-2-3-4-5-6-7-8-17-9-11-18(12-10-17)13-14-19(21,15-20)16-22/h9-12,22H,2-8,13-16,21H2,1H3/t19-/m1/s1. The van der Waals surface area contributed by atoms with E-state index in [1.165, 1.54) is 44.1 Å². The van der Waals surface area contributed by atoms with Crippen molar-refractivity contribution in [3.63, 3.8) is 0 Å². The van der Waals surface area contributed by atoms with E-state index in [4.69, 9.17) is 10.8 Å². The van der Waals surface area contributed by atoms with E-state index in [1.54, 1.807) is 0 Å². The summed E-state index contributed by atoms with van der Waals surface area (Å²) in [6.45, 7) is 1.25. The normalized spacial score (nSPS) is 14.0. The van der Waals surface area contributed by atoms with Gasteiger partial charge < -0.3 is 10.8 Å². The van der Waals surface area contributed by atoms with Crippen LogP contribution in [0.1, 0.15) is 63.0 Å². The Morgan fingerprint density at radius 1 is 0.955 bits per heavy atom. The molecule has 0 amide bonds. The number of hydrogen-bond acceptors (Lipinski definition) is 2. The largest absolute Gasteiger partial charge is 0.394 e. The number of benzene rings is 1. The minimum absolute atomic E-state index is 0.306. The Labute approximate surface area is 134 Å². The van der Waals surface area contributed by atoms with Gasteiger partial charge in [-0.2, -0.15) is 0 Å². The van der Waals surface area contributed by atoms with Crippen molar-refractivity contribution in [1.82, 2.24) is 0 Å². The molecule has 3 heteroatoms. The molecule has 0 saturated carbocycles. The monoisotopic (exact) mass is 309 g/mol. The highest BCUT2D eigenvalue weighted by molar-refractivity contribution is 5.23. The summed E-state index contributed by atoms with van der Waals surface area (Å²) in [5, 5.41) is 9.12. The van der Waals surface area contributed by atoms with Gasteiger partial charge in [0, 0.05) is 0 Å². The molecule has 0 aromatic heterocycles. The van der Waals surface area contributed by atoms with Gasteiger partial charge >= 0.3 is 0 Å². The summed E-state index contributed by atoms with van der Waals surface area (Å²) >= 11 is 0. The van der Waals surface area contributed by atoms with Gasteiger partial charge in [0.05, 0.1) is 12.1 Å². The summed E-state index contributed by atoms with van der Waals surface area (Å²) in [5.74, 6) is 0. The number of aryl methyl sites for hydroxylation is 2. The quantitative estimate of drug-likeness (QED) is 0.569. The molecular weight excluding hydrogens is 277 g/mol. The Kier molecular flexibility index (Phi) is 9.33. The van der Waals surface area contributed by atoms with Crippen LogP contribution in [0.15, 0.2) is 24.3 Å². The van der Waals surface area contributed by atoms with Crippen LogP contribution < -0.4 is 5.73 Å². The summed E-state index contributed by atoms with van der Waals surface area (Å²) < 4.78 is 12.8. The van der Waals surface area contributed by atoms with Gasteiger partial charge in [0.2, 0.25) is 0 Å². The molecule has 0 fully saturated rings. The summed E-state index contributed by atoms with van der Waals surface area (Å²) in [5.41, 5.74) is 7.20. The van der Waals surface area contributed by atoms with Gasteiger partial charge in [-0.3, -0.25) is 0 Å². The second-order valence-electron chi connectivity index (χ2n) is 6.49. The van der Waals surface area contributed by atoms with Crippen molar-refractivity contribution in [1.29, 1.82) is 0 Å². The number of nitrogens with two attached hydrogens (primary N) is 1. The first-order valence-electron chi connectivity index (χ1n) is 8.67. The second kappa shape index (κ2) is 10.7. The predicted molar refractivity (Wildman–Crippen MR) is 91.8 cm³/mol. The molecule has 22 heavy (non-hydrogen) atoms. The lowest BCUT2D eigenvalue weighted by atomic mass is 9.94. The van der Waals surface area contributed by atoms with Crippen LogP contribution in [-0.2, 0) is 12.8 Å². The maximum absolute atomic E-state index is 12.8. The van der Waals surface area contributed by atoms with E-state index in [0.717, 1.165) is 12.0 Å². The molecule has 0 radical (unpaired) electrons. The minimum Gasteiger partial charge on any atom is -0.394 e. The van der Waals surface area contributed by atoms with Gasteiger partial charge in [0.1, 0.15) is 6.67 Å². The molecule has 0 aliphatic carbocycles. The van der Waals surface area contributed by atoms with Crippen molar-refractivity contribution in [2.45, 2.75) is 70.3 Å². The van der Waals surface area contributed by atoms with Gasteiger partial charge in [-0.25, -0.2) is 4.39 Å². The fourth-order valence-electron chi connectivity index (χ4n) is 2.56. The Morgan fingerprint density at radius 3 is 2.05 bits per heavy atom. The van der Waals surface area contributed by atoms with Crippen LogP contribution in [-0.4, -0.2) is 23.9 Å². The molecule has 0 saturated heterocycles. The topological polar surface area (TPSA) is 46.2 Å². The number of halogens is 1. The van der Waals surface area contributed by atoms with E-state index < -0.39 is 12.2 Å². The van der Waals surface area contributed by atoms with Crippen LogP contribution in [0, 0.1) is 0 Å². The average Bonchev–Trinajstić information content (AvgIpc) is 2.57. The highest BCUT2D eigenvalue weighted by Gasteiger charge is 2.23. The van der Waals surface area contributed by atoms with Crippen molar-refractivity contribution >= 4 is 0 Å². The fraction of sp³-hybridized carbons (Fsp3) is 0.684. The average molecular weight is 309 g/mol. The highest BCUT2D eigenvalue weighted by atomic mass is 19.1. The summed E-state index contributed by atoms with van der Waals surface area (Å²) in [6.07, 6.45) is 10.2. The van der Waals surface area contributed by atoms with Crippen LogP contribution >= 0.6 is 0 Å². The van der Waals surface area contributed by atoms with Crippen molar-refractivity contribution in [3.05, 3.63) is 35.4 Å². The molecular formula is C19H32FNO. The van der Waals surface area contributed by atoms with Crippen LogP contribution in [0.25, 0.3) is 0 Å². The van der Waals surface area contributed by atoms with Crippen LogP contribution in [0.2, 0.25) is 0 Å². The molecule has 1 atom stereocenters. The Balaban J connectivity index is 2.28. The molecule has 0 unspecified atom stereocenters. The Hall–Kier alpha value is -0.930. The molecule has 2 nitrogen and oxygen atoms in total. The van der Waals surface area contributed by atoms with Crippen LogP contribution in [0.3, 0.4) is 0 Å². The van der Waals surface area contributed by atoms with E-state index in [1.807, 2.05) is 0 Å². The molecule has 0 heterocycles. The van der Waals surface area contributed by atoms with E-state index in [-0.39, 0.29) is 6.61 Å². The third kappa shape index (κ3) is 7.37. The van der Waals surface area contributed by atoms with E-state index in [0.29, 0.717) is 12.8 Å². The van der Waals surface area contributed by atoms with Crippen molar-refractivity contribution in [2.24, 2.45) is 5.73 Å². The Bertz CT molecular complexity index is 387. The van der Waals surface area contributed by atoms with Crippen molar-refractivity contribution < 1.29 is 9.50 Å². The van der Waals surface area contributed by atoms with Crippen LogP contribution in [0.4, 0.5) is 4.39 Å². The summed E-state index contributed by atoms with van der Waals surface area (Å²) in [4.78, 5) is 0. The first kappa shape index (κ1) is 19.1. The third-order valence-electron chi connectivity index (χ3n) is 4.33. The van der Waals surface area contributed by atoms with E-state index >= 15 is 0 Å². The fourth-order valence-corrected chi connectivity index (χ4v) is 2.56. The molecule has 1 aromatic rings. The predicted octanol–water partition coefficient (Wildman–Crippen LogP) is 4.18.